The van der Waals surface area contributed by atoms with E-state index in [1.807, 2.05) is 27.6 Å². The molecule has 5 rings (SSSR count). The molecule has 0 amide bonds. The molecular formula is C23H27N7O3. The van der Waals surface area contributed by atoms with Gasteiger partial charge in [0, 0.05) is 25.1 Å². The van der Waals surface area contributed by atoms with E-state index in [0.717, 1.165) is 35.5 Å². The van der Waals surface area contributed by atoms with Crippen LogP contribution < -0.4 is 19.5 Å². The summed E-state index contributed by atoms with van der Waals surface area (Å²) in [5.74, 6) is 4.59. The number of nitrogens with zero attached hydrogens (tertiary/aromatic N) is 6. The predicted octanol–water partition coefficient (Wildman–Crippen LogP) is 3.75. The summed E-state index contributed by atoms with van der Waals surface area (Å²) < 4.78 is 20.1. The number of hydrogen-bond donors (Lipinski definition) is 1. The summed E-state index contributed by atoms with van der Waals surface area (Å²) in [5.41, 5.74) is 1.67. The summed E-state index contributed by atoms with van der Waals surface area (Å²) in [4.78, 5) is 14.1. The molecule has 1 saturated carbocycles. The summed E-state index contributed by atoms with van der Waals surface area (Å²) in [7, 11) is 4.77. The van der Waals surface area contributed by atoms with Gasteiger partial charge in [-0.15, -0.1) is 0 Å². The molecule has 0 bridgehead atoms. The van der Waals surface area contributed by atoms with Gasteiger partial charge in [0.15, 0.2) is 17.1 Å². The van der Waals surface area contributed by atoms with E-state index in [9.17, 15) is 0 Å². The van der Waals surface area contributed by atoms with Crippen molar-refractivity contribution in [2.24, 2.45) is 5.92 Å². The average molecular weight is 450 g/mol. The van der Waals surface area contributed by atoms with E-state index >= 15 is 0 Å². The second-order valence-corrected chi connectivity index (χ2v) is 8.01. The van der Waals surface area contributed by atoms with Crippen molar-refractivity contribution < 1.29 is 14.2 Å². The normalized spacial score (nSPS) is 13.3. The van der Waals surface area contributed by atoms with Crippen LogP contribution in [0.3, 0.4) is 0 Å². The number of anilines is 2. The summed E-state index contributed by atoms with van der Waals surface area (Å²) >= 11 is 0. The van der Waals surface area contributed by atoms with E-state index in [2.05, 4.69) is 22.3 Å². The van der Waals surface area contributed by atoms with Crippen LogP contribution in [0.25, 0.3) is 16.7 Å². The van der Waals surface area contributed by atoms with Gasteiger partial charge in [-0.2, -0.15) is 5.10 Å². The van der Waals surface area contributed by atoms with Crippen LogP contribution in [0.1, 0.15) is 25.6 Å². The lowest BCUT2D eigenvalue weighted by atomic mass is 10.2. The van der Waals surface area contributed by atoms with Gasteiger partial charge in [0.25, 0.3) is 0 Å². The number of rotatable bonds is 9. The summed E-state index contributed by atoms with van der Waals surface area (Å²) in [6.45, 7) is 2.81. The third-order valence-corrected chi connectivity index (χ3v) is 5.79. The predicted molar refractivity (Wildman–Crippen MR) is 124 cm³/mol. The van der Waals surface area contributed by atoms with Crippen molar-refractivity contribution in [1.29, 1.82) is 0 Å². The van der Waals surface area contributed by atoms with Crippen molar-refractivity contribution >= 4 is 22.7 Å². The van der Waals surface area contributed by atoms with E-state index in [0.29, 0.717) is 34.8 Å². The summed E-state index contributed by atoms with van der Waals surface area (Å²) in [6.07, 6.45) is 8.80. The van der Waals surface area contributed by atoms with Crippen molar-refractivity contribution in [2.45, 2.75) is 32.7 Å². The first-order chi connectivity index (χ1) is 16.1. The first-order valence-electron chi connectivity index (χ1n) is 11.0. The lowest BCUT2D eigenvalue weighted by Crippen LogP contribution is -2.05. The highest BCUT2D eigenvalue weighted by Gasteiger charge is 2.24. The minimum Gasteiger partial charge on any atom is -0.493 e. The van der Waals surface area contributed by atoms with Crippen LogP contribution in [-0.4, -0.2) is 50.6 Å². The SMILES string of the molecule is CCn1ncc2c(Nc3cn(-c4cc(OC)c(OC)c(OC)c4)cn3)nc(CC3CC3)nc21. The van der Waals surface area contributed by atoms with Gasteiger partial charge in [0.05, 0.1) is 44.8 Å². The van der Waals surface area contributed by atoms with Gasteiger partial charge in [0.2, 0.25) is 5.75 Å². The van der Waals surface area contributed by atoms with Crippen LogP contribution >= 0.6 is 0 Å². The van der Waals surface area contributed by atoms with Crippen molar-refractivity contribution in [1.82, 2.24) is 29.3 Å². The maximum Gasteiger partial charge on any atom is 0.203 e. The Hall–Kier alpha value is -3.82. The molecule has 1 fully saturated rings. The molecule has 0 unspecified atom stereocenters. The van der Waals surface area contributed by atoms with Crippen LogP contribution in [0.15, 0.2) is 30.9 Å². The Morgan fingerprint density at radius 2 is 1.82 bits per heavy atom. The number of imidazole rings is 1. The number of nitrogens with one attached hydrogen (secondary N) is 1. The Morgan fingerprint density at radius 1 is 1.06 bits per heavy atom. The molecular weight excluding hydrogens is 422 g/mol. The van der Waals surface area contributed by atoms with Crippen LogP contribution in [-0.2, 0) is 13.0 Å². The van der Waals surface area contributed by atoms with Crippen LogP contribution in [0.4, 0.5) is 11.6 Å². The van der Waals surface area contributed by atoms with Gasteiger partial charge in [-0.25, -0.2) is 19.6 Å². The molecule has 10 heteroatoms. The van der Waals surface area contributed by atoms with Gasteiger partial charge >= 0.3 is 0 Å². The van der Waals surface area contributed by atoms with E-state index in [4.69, 9.17) is 24.2 Å². The van der Waals surface area contributed by atoms with E-state index < -0.39 is 0 Å². The first kappa shape index (κ1) is 21.0. The fourth-order valence-corrected chi connectivity index (χ4v) is 3.86. The topological polar surface area (TPSA) is 101 Å². The minimum atomic E-state index is 0.543. The molecule has 10 nitrogen and oxygen atoms in total. The Balaban J connectivity index is 1.48. The number of aromatic nitrogens is 6. The highest BCUT2D eigenvalue weighted by atomic mass is 16.5. The maximum atomic E-state index is 5.47. The maximum absolute atomic E-state index is 5.47. The van der Waals surface area contributed by atoms with Gasteiger partial charge in [0.1, 0.15) is 23.8 Å². The molecule has 1 aromatic carbocycles. The lowest BCUT2D eigenvalue weighted by molar-refractivity contribution is 0.324. The molecule has 1 N–H and O–H groups in total. The molecule has 0 saturated heterocycles. The Labute approximate surface area is 191 Å². The van der Waals surface area contributed by atoms with Gasteiger partial charge in [-0.1, -0.05) is 0 Å². The fourth-order valence-electron chi connectivity index (χ4n) is 3.86. The van der Waals surface area contributed by atoms with Gasteiger partial charge in [-0.05, 0) is 25.7 Å². The van der Waals surface area contributed by atoms with Gasteiger partial charge in [-0.3, -0.25) is 0 Å². The highest BCUT2D eigenvalue weighted by Crippen LogP contribution is 2.39. The zero-order valence-electron chi connectivity index (χ0n) is 19.2. The van der Waals surface area contributed by atoms with E-state index in [-0.39, 0.29) is 0 Å². The van der Waals surface area contributed by atoms with Crippen molar-refractivity contribution in [3.8, 4) is 22.9 Å². The number of fused-ring (bicyclic) bond motifs is 1. The standard InChI is InChI=1S/C23H27N7O3/c1-5-30-23-16(11-25-30)22(26-19(28-23)8-14-6-7-14)27-20-12-29(13-24-20)15-9-17(31-2)21(33-4)18(10-15)32-3/h9-14H,5-8H2,1-4H3,(H,26,27,28). The number of methoxy groups -OCH3 is 3. The second-order valence-electron chi connectivity index (χ2n) is 8.01. The zero-order valence-corrected chi connectivity index (χ0v) is 19.2. The zero-order chi connectivity index (χ0) is 22.9. The summed E-state index contributed by atoms with van der Waals surface area (Å²) in [6, 6.07) is 3.74. The number of hydrogen-bond acceptors (Lipinski definition) is 8. The van der Waals surface area contributed by atoms with E-state index in [1.165, 1.54) is 12.8 Å². The van der Waals surface area contributed by atoms with Crippen LogP contribution in [0.2, 0.25) is 0 Å². The average Bonchev–Trinajstić information content (AvgIpc) is 3.36. The van der Waals surface area contributed by atoms with Crippen molar-refractivity contribution in [3.05, 3.63) is 36.7 Å². The molecule has 4 aromatic rings. The number of ether oxygens (including phenoxy) is 3. The Kier molecular flexibility index (Phi) is 5.49. The third kappa shape index (κ3) is 4.04. The van der Waals surface area contributed by atoms with Crippen molar-refractivity contribution in [3.63, 3.8) is 0 Å². The Bertz CT molecular complexity index is 1270. The molecule has 1 aliphatic rings. The lowest BCUT2D eigenvalue weighted by Gasteiger charge is -2.14. The monoisotopic (exact) mass is 449 g/mol. The first-order valence-corrected chi connectivity index (χ1v) is 11.0. The molecule has 3 heterocycles. The van der Waals surface area contributed by atoms with Crippen LogP contribution in [0.5, 0.6) is 17.2 Å². The van der Waals surface area contributed by atoms with Gasteiger partial charge < -0.3 is 24.1 Å². The fraction of sp³-hybridized carbons (Fsp3) is 0.391. The molecule has 0 atom stereocenters. The molecule has 0 spiro atoms. The minimum absolute atomic E-state index is 0.543. The molecule has 3 aromatic heterocycles. The van der Waals surface area contributed by atoms with Crippen molar-refractivity contribution in [2.75, 3.05) is 26.6 Å². The second kappa shape index (κ2) is 8.61. The van der Waals surface area contributed by atoms with E-state index in [1.54, 1.807) is 33.9 Å². The largest absolute Gasteiger partial charge is 0.493 e. The molecule has 1 aliphatic carbocycles. The molecule has 172 valence electrons. The summed E-state index contributed by atoms with van der Waals surface area (Å²) in [5, 5.41) is 8.71. The quantitative estimate of drug-likeness (QED) is 0.412. The molecule has 0 radical (unpaired) electrons. The van der Waals surface area contributed by atoms with Crippen LogP contribution in [0, 0.1) is 5.92 Å². The highest BCUT2D eigenvalue weighted by molar-refractivity contribution is 5.88. The smallest absolute Gasteiger partial charge is 0.203 e. The molecule has 0 aliphatic heterocycles. The Morgan fingerprint density at radius 3 is 2.45 bits per heavy atom. The number of benzene rings is 1. The number of aryl methyl sites for hydroxylation is 1. The molecule has 33 heavy (non-hydrogen) atoms. The third-order valence-electron chi connectivity index (χ3n) is 5.79.